The lowest BCUT2D eigenvalue weighted by Gasteiger charge is -2.38. The fourth-order valence-corrected chi connectivity index (χ4v) is 2.10. The van der Waals surface area contributed by atoms with Crippen molar-refractivity contribution < 1.29 is 9.90 Å². The Morgan fingerprint density at radius 3 is 2.94 bits per heavy atom. The number of halogens is 1. The molecule has 0 aromatic carbocycles. The molecular weight excluding hydrogens is 244 g/mol. The number of nitrogens with zero attached hydrogens (tertiary/aromatic N) is 4. The number of carbonyl (C=O) groups is 1. The van der Waals surface area contributed by atoms with Gasteiger partial charge in [0.25, 0.3) is 0 Å². The molecule has 0 aliphatic carbocycles. The fraction of sp³-hybridized carbons (Fsp3) is 0.500. The minimum Gasteiger partial charge on any atom is -0.465 e. The van der Waals surface area contributed by atoms with Crippen molar-refractivity contribution in [1.82, 2.24) is 14.9 Å². The van der Waals surface area contributed by atoms with Gasteiger partial charge < -0.3 is 14.9 Å². The summed E-state index contributed by atoms with van der Waals surface area (Å²) < 4.78 is 0. The maximum Gasteiger partial charge on any atom is 0.407 e. The number of amides is 1. The zero-order chi connectivity index (χ0) is 12.4. The van der Waals surface area contributed by atoms with E-state index in [0.29, 0.717) is 19.6 Å². The summed E-state index contributed by atoms with van der Waals surface area (Å²) in [5, 5.41) is 9.17. The van der Waals surface area contributed by atoms with Crippen molar-refractivity contribution in [1.29, 1.82) is 0 Å². The monoisotopic (exact) mass is 256 g/mol. The van der Waals surface area contributed by atoms with Crippen LogP contribution in [0.5, 0.6) is 0 Å². The predicted molar refractivity (Wildman–Crippen MR) is 63.4 cm³/mol. The first-order valence-electron chi connectivity index (χ1n) is 5.31. The second-order valence-electron chi connectivity index (χ2n) is 3.95. The van der Waals surface area contributed by atoms with Crippen LogP contribution in [0.25, 0.3) is 0 Å². The van der Waals surface area contributed by atoms with Gasteiger partial charge in [-0.2, -0.15) is 0 Å². The van der Waals surface area contributed by atoms with Crippen LogP contribution in [0, 0.1) is 0 Å². The SMILES string of the molecule is C[C@H]1CN(c2ccnc(Cl)n2)CCN1C(=O)O. The van der Waals surface area contributed by atoms with Crippen LogP contribution in [0.15, 0.2) is 12.3 Å². The number of anilines is 1. The van der Waals surface area contributed by atoms with Crippen molar-refractivity contribution in [3.05, 3.63) is 17.5 Å². The van der Waals surface area contributed by atoms with Crippen LogP contribution in [-0.4, -0.2) is 51.7 Å². The third-order valence-corrected chi connectivity index (χ3v) is 2.99. The van der Waals surface area contributed by atoms with Crippen molar-refractivity contribution in [3.63, 3.8) is 0 Å². The highest BCUT2D eigenvalue weighted by Gasteiger charge is 2.27. The number of rotatable bonds is 1. The topological polar surface area (TPSA) is 69.6 Å². The van der Waals surface area contributed by atoms with Crippen molar-refractivity contribution in [2.75, 3.05) is 24.5 Å². The first-order valence-corrected chi connectivity index (χ1v) is 5.69. The van der Waals surface area contributed by atoms with Gasteiger partial charge in [-0.1, -0.05) is 0 Å². The molecule has 0 bridgehead atoms. The van der Waals surface area contributed by atoms with E-state index >= 15 is 0 Å². The van der Waals surface area contributed by atoms with Crippen LogP contribution < -0.4 is 4.90 Å². The minimum atomic E-state index is -0.877. The lowest BCUT2D eigenvalue weighted by Crippen LogP contribution is -2.53. The van der Waals surface area contributed by atoms with Crippen LogP contribution in [0.4, 0.5) is 10.6 Å². The summed E-state index contributed by atoms with van der Waals surface area (Å²) in [5.74, 6) is 0.738. The summed E-state index contributed by atoms with van der Waals surface area (Å²) in [6, 6.07) is 1.71. The van der Waals surface area contributed by atoms with Crippen molar-refractivity contribution >= 4 is 23.5 Å². The Kier molecular flexibility index (Phi) is 3.33. The average molecular weight is 257 g/mol. The van der Waals surface area contributed by atoms with Gasteiger partial charge in [0, 0.05) is 31.9 Å². The normalized spacial score (nSPS) is 20.5. The Morgan fingerprint density at radius 2 is 2.35 bits per heavy atom. The molecule has 0 spiro atoms. The standard InChI is InChI=1S/C10H13ClN4O2/c1-7-6-14(4-5-15(7)10(16)17)8-2-3-12-9(11)13-8/h2-3,7H,4-6H2,1H3,(H,16,17)/t7-/m0/s1. The molecule has 1 aliphatic heterocycles. The summed E-state index contributed by atoms with van der Waals surface area (Å²) in [7, 11) is 0. The number of hydrogen-bond donors (Lipinski definition) is 1. The quantitative estimate of drug-likeness (QED) is 0.768. The maximum atomic E-state index is 10.9. The van der Waals surface area contributed by atoms with Crippen molar-refractivity contribution in [3.8, 4) is 0 Å². The number of aromatic nitrogens is 2. The van der Waals surface area contributed by atoms with E-state index in [1.807, 2.05) is 11.8 Å². The number of hydrogen-bond acceptors (Lipinski definition) is 4. The molecule has 0 saturated carbocycles. The molecular formula is C10H13ClN4O2. The molecule has 2 rings (SSSR count). The van der Waals surface area contributed by atoms with Gasteiger partial charge in [-0.15, -0.1) is 0 Å². The molecule has 2 heterocycles. The molecule has 1 atom stereocenters. The van der Waals surface area contributed by atoms with E-state index < -0.39 is 6.09 Å². The molecule has 1 N–H and O–H groups in total. The molecule has 0 radical (unpaired) electrons. The highest BCUT2D eigenvalue weighted by Crippen LogP contribution is 2.17. The lowest BCUT2D eigenvalue weighted by molar-refractivity contribution is 0.122. The van der Waals surface area contributed by atoms with E-state index in [0.717, 1.165) is 5.82 Å². The Bertz CT molecular complexity index is 429. The van der Waals surface area contributed by atoms with E-state index in [1.165, 1.54) is 4.90 Å². The summed E-state index contributed by atoms with van der Waals surface area (Å²) in [6.45, 7) is 3.57. The van der Waals surface area contributed by atoms with Gasteiger partial charge in [-0.25, -0.2) is 14.8 Å². The van der Waals surface area contributed by atoms with E-state index in [1.54, 1.807) is 12.3 Å². The molecule has 17 heavy (non-hydrogen) atoms. The molecule has 0 unspecified atom stereocenters. The largest absolute Gasteiger partial charge is 0.465 e. The summed E-state index contributed by atoms with van der Waals surface area (Å²) in [6.07, 6.45) is 0.719. The van der Waals surface area contributed by atoms with E-state index in [4.69, 9.17) is 16.7 Å². The molecule has 1 amide bonds. The molecule has 7 heteroatoms. The van der Waals surface area contributed by atoms with Gasteiger partial charge in [0.05, 0.1) is 0 Å². The zero-order valence-electron chi connectivity index (χ0n) is 9.38. The van der Waals surface area contributed by atoms with Crippen LogP contribution >= 0.6 is 11.6 Å². The van der Waals surface area contributed by atoms with Gasteiger partial charge in [0.1, 0.15) is 5.82 Å². The predicted octanol–water partition coefficient (Wildman–Crippen LogP) is 1.32. The first-order chi connectivity index (χ1) is 8.08. The van der Waals surface area contributed by atoms with Crippen molar-refractivity contribution in [2.45, 2.75) is 13.0 Å². The van der Waals surface area contributed by atoms with E-state index in [-0.39, 0.29) is 11.3 Å². The Balaban J connectivity index is 2.09. The highest BCUT2D eigenvalue weighted by atomic mass is 35.5. The van der Waals surface area contributed by atoms with E-state index in [9.17, 15) is 4.79 Å². The highest BCUT2D eigenvalue weighted by molar-refractivity contribution is 6.28. The molecule has 1 aliphatic rings. The van der Waals surface area contributed by atoms with Crippen LogP contribution in [0.3, 0.4) is 0 Å². The van der Waals surface area contributed by atoms with Gasteiger partial charge in [0.15, 0.2) is 0 Å². The second-order valence-corrected chi connectivity index (χ2v) is 4.29. The Labute approximate surface area is 104 Å². The fourth-order valence-electron chi connectivity index (χ4n) is 1.95. The Morgan fingerprint density at radius 1 is 1.59 bits per heavy atom. The third-order valence-electron chi connectivity index (χ3n) is 2.81. The molecule has 92 valence electrons. The van der Waals surface area contributed by atoms with Gasteiger partial charge in [-0.05, 0) is 24.6 Å². The molecule has 1 aromatic heterocycles. The van der Waals surface area contributed by atoms with Crippen LogP contribution in [-0.2, 0) is 0 Å². The van der Waals surface area contributed by atoms with Gasteiger partial charge >= 0.3 is 6.09 Å². The molecule has 6 nitrogen and oxygen atoms in total. The van der Waals surface area contributed by atoms with Gasteiger partial charge in [-0.3, -0.25) is 0 Å². The number of carboxylic acid groups (broad SMARTS) is 1. The second kappa shape index (κ2) is 4.75. The van der Waals surface area contributed by atoms with Crippen LogP contribution in [0.1, 0.15) is 6.92 Å². The zero-order valence-corrected chi connectivity index (χ0v) is 10.1. The molecule has 1 fully saturated rings. The average Bonchev–Trinajstić information content (AvgIpc) is 2.28. The smallest absolute Gasteiger partial charge is 0.407 e. The maximum absolute atomic E-state index is 10.9. The summed E-state index contributed by atoms with van der Waals surface area (Å²) >= 11 is 5.73. The van der Waals surface area contributed by atoms with Gasteiger partial charge in [0.2, 0.25) is 5.28 Å². The molecule has 1 saturated heterocycles. The molecule has 1 aromatic rings. The first kappa shape index (κ1) is 11.9. The van der Waals surface area contributed by atoms with E-state index in [2.05, 4.69) is 9.97 Å². The Hall–Kier alpha value is -1.56. The van der Waals surface area contributed by atoms with Crippen LogP contribution in [0.2, 0.25) is 5.28 Å². The lowest BCUT2D eigenvalue weighted by atomic mass is 10.2. The van der Waals surface area contributed by atoms with Crippen molar-refractivity contribution in [2.24, 2.45) is 0 Å². The summed E-state index contributed by atoms with van der Waals surface area (Å²) in [4.78, 5) is 22.3. The number of piperazine rings is 1. The summed E-state index contributed by atoms with van der Waals surface area (Å²) in [5.41, 5.74) is 0. The third kappa shape index (κ3) is 2.58. The minimum absolute atomic E-state index is 0.0602.